The molecule has 1 aromatic rings. The number of imidazole rings is 1. The van der Waals surface area contributed by atoms with Gasteiger partial charge in [0.15, 0.2) is 11.4 Å². The lowest BCUT2D eigenvalue weighted by Gasteiger charge is -2.05. The molecule has 17 heavy (non-hydrogen) atoms. The van der Waals surface area contributed by atoms with Gasteiger partial charge in [0, 0.05) is 6.54 Å². The Hall–Kier alpha value is -1.85. The molecule has 1 rings (SSSR count). The summed E-state index contributed by atoms with van der Waals surface area (Å²) in [5, 5.41) is 9.07. The van der Waals surface area contributed by atoms with Crippen molar-refractivity contribution in [2.75, 3.05) is 7.11 Å². The number of hydrogen-bond acceptors (Lipinski definition) is 4. The van der Waals surface area contributed by atoms with E-state index in [1.54, 1.807) is 0 Å². The number of aryl methyl sites for hydroxylation is 1. The van der Waals surface area contributed by atoms with Gasteiger partial charge in [-0.2, -0.15) is 0 Å². The lowest BCUT2D eigenvalue weighted by Crippen LogP contribution is -2.14. The maximum atomic E-state index is 11.3. The van der Waals surface area contributed by atoms with Crippen molar-refractivity contribution in [1.82, 2.24) is 9.55 Å². The van der Waals surface area contributed by atoms with Gasteiger partial charge in [-0.3, -0.25) is 0 Å². The van der Waals surface area contributed by atoms with Crippen molar-refractivity contribution < 1.29 is 19.4 Å². The fraction of sp³-hybridized carbons (Fsp3) is 0.545. The summed E-state index contributed by atoms with van der Waals surface area (Å²) in [6.45, 7) is 2.60. The molecule has 1 heterocycles. The first-order valence-electron chi connectivity index (χ1n) is 5.48. The zero-order valence-electron chi connectivity index (χ0n) is 9.97. The second kappa shape index (κ2) is 6.03. The first-order valence-corrected chi connectivity index (χ1v) is 5.48. The van der Waals surface area contributed by atoms with Crippen LogP contribution in [0.3, 0.4) is 0 Å². The van der Waals surface area contributed by atoms with E-state index < -0.39 is 11.9 Å². The van der Waals surface area contributed by atoms with Crippen LogP contribution in [0.2, 0.25) is 0 Å². The minimum absolute atomic E-state index is 0.104. The zero-order chi connectivity index (χ0) is 12.8. The zero-order valence-corrected chi connectivity index (χ0v) is 9.97. The number of rotatable bonds is 6. The summed E-state index contributed by atoms with van der Waals surface area (Å²) in [6.07, 6.45) is 4.27. The van der Waals surface area contributed by atoms with Crippen molar-refractivity contribution in [2.24, 2.45) is 0 Å². The highest BCUT2D eigenvalue weighted by Gasteiger charge is 2.23. The molecule has 94 valence electrons. The molecule has 0 fully saturated rings. The van der Waals surface area contributed by atoms with Gasteiger partial charge in [-0.1, -0.05) is 19.8 Å². The average molecular weight is 240 g/mol. The molecule has 0 bridgehead atoms. The summed E-state index contributed by atoms with van der Waals surface area (Å²) < 4.78 is 5.96. The third-order valence-corrected chi connectivity index (χ3v) is 2.42. The van der Waals surface area contributed by atoms with Crippen LogP contribution in [-0.2, 0) is 11.3 Å². The number of ether oxygens (including phenoxy) is 1. The number of unbranched alkanes of at least 4 members (excludes halogenated alkanes) is 2. The summed E-state index contributed by atoms with van der Waals surface area (Å²) in [4.78, 5) is 26.2. The van der Waals surface area contributed by atoms with Crippen LogP contribution in [0, 0.1) is 0 Å². The van der Waals surface area contributed by atoms with E-state index in [9.17, 15) is 9.59 Å². The van der Waals surface area contributed by atoms with Gasteiger partial charge in [0.05, 0.1) is 13.4 Å². The van der Waals surface area contributed by atoms with Crippen LogP contribution in [0.15, 0.2) is 6.33 Å². The van der Waals surface area contributed by atoms with Gasteiger partial charge in [-0.05, 0) is 6.42 Å². The minimum Gasteiger partial charge on any atom is -0.476 e. The fourth-order valence-electron chi connectivity index (χ4n) is 1.55. The van der Waals surface area contributed by atoms with E-state index in [0.29, 0.717) is 6.54 Å². The van der Waals surface area contributed by atoms with Crippen molar-refractivity contribution in [3.05, 3.63) is 17.7 Å². The van der Waals surface area contributed by atoms with Crippen molar-refractivity contribution in [1.29, 1.82) is 0 Å². The minimum atomic E-state index is -1.17. The van der Waals surface area contributed by atoms with Gasteiger partial charge < -0.3 is 14.4 Å². The quantitative estimate of drug-likeness (QED) is 0.602. The molecule has 6 nitrogen and oxygen atoms in total. The molecule has 0 atom stereocenters. The Morgan fingerprint density at radius 3 is 2.71 bits per heavy atom. The lowest BCUT2D eigenvalue weighted by molar-refractivity contribution is 0.0574. The van der Waals surface area contributed by atoms with E-state index in [1.165, 1.54) is 18.0 Å². The molecule has 0 aliphatic rings. The van der Waals surface area contributed by atoms with Gasteiger partial charge in [0.1, 0.15) is 0 Å². The molecule has 0 unspecified atom stereocenters. The van der Waals surface area contributed by atoms with Crippen LogP contribution in [0.1, 0.15) is 47.2 Å². The maximum absolute atomic E-state index is 11.3. The Bertz CT molecular complexity index is 412. The molecule has 1 aromatic heterocycles. The van der Waals surface area contributed by atoms with Crippen LogP contribution < -0.4 is 0 Å². The first-order chi connectivity index (χ1) is 8.11. The van der Waals surface area contributed by atoms with Gasteiger partial charge in [0.2, 0.25) is 0 Å². The predicted octanol–water partition coefficient (Wildman–Crippen LogP) is 1.56. The van der Waals surface area contributed by atoms with Crippen LogP contribution in [0.5, 0.6) is 0 Å². The Morgan fingerprint density at radius 1 is 1.47 bits per heavy atom. The highest BCUT2D eigenvalue weighted by Crippen LogP contribution is 2.11. The fourth-order valence-corrected chi connectivity index (χ4v) is 1.55. The maximum Gasteiger partial charge on any atom is 0.359 e. The van der Waals surface area contributed by atoms with Crippen molar-refractivity contribution in [3.8, 4) is 0 Å². The summed E-state index contributed by atoms with van der Waals surface area (Å²) in [7, 11) is 1.20. The lowest BCUT2D eigenvalue weighted by atomic mass is 10.2. The normalized spacial score (nSPS) is 10.2. The second-order valence-electron chi connectivity index (χ2n) is 3.64. The number of aromatic nitrogens is 2. The van der Waals surface area contributed by atoms with Gasteiger partial charge >= 0.3 is 11.9 Å². The number of esters is 1. The van der Waals surface area contributed by atoms with Gasteiger partial charge in [0.25, 0.3) is 0 Å². The molecule has 0 spiro atoms. The Balaban J connectivity index is 2.94. The summed E-state index contributed by atoms with van der Waals surface area (Å²) in [6, 6.07) is 0. The van der Waals surface area contributed by atoms with Crippen molar-refractivity contribution in [3.63, 3.8) is 0 Å². The topological polar surface area (TPSA) is 81.4 Å². The molecule has 0 aliphatic carbocycles. The number of carbonyl (C=O) groups excluding carboxylic acids is 1. The molecule has 0 aliphatic heterocycles. The Kier molecular flexibility index (Phi) is 4.68. The summed E-state index contributed by atoms with van der Waals surface area (Å²) >= 11 is 0. The first kappa shape index (κ1) is 13.2. The van der Waals surface area contributed by atoms with Crippen LogP contribution in [-0.4, -0.2) is 33.7 Å². The van der Waals surface area contributed by atoms with Crippen LogP contribution in [0.25, 0.3) is 0 Å². The Labute approximate surface area is 99.2 Å². The highest BCUT2D eigenvalue weighted by molar-refractivity contribution is 5.99. The monoisotopic (exact) mass is 240 g/mol. The molecule has 1 N–H and O–H groups in total. The number of aromatic carboxylic acids is 1. The SMILES string of the molecule is CCCCCn1cnc(C(=O)OC)c1C(=O)O. The van der Waals surface area contributed by atoms with E-state index in [0.717, 1.165) is 19.3 Å². The number of methoxy groups -OCH3 is 1. The number of carboxylic acid groups (broad SMARTS) is 1. The number of carboxylic acids is 1. The second-order valence-corrected chi connectivity index (χ2v) is 3.64. The van der Waals surface area contributed by atoms with Crippen molar-refractivity contribution in [2.45, 2.75) is 32.7 Å². The van der Waals surface area contributed by atoms with Gasteiger partial charge in [-0.25, -0.2) is 14.6 Å². The van der Waals surface area contributed by atoms with E-state index in [4.69, 9.17) is 5.11 Å². The Morgan fingerprint density at radius 2 is 2.18 bits per heavy atom. The molecule has 0 saturated carbocycles. The predicted molar refractivity (Wildman–Crippen MR) is 60.1 cm³/mol. The molecular weight excluding hydrogens is 224 g/mol. The third-order valence-electron chi connectivity index (χ3n) is 2.42. The van der Waals surface area contributed by atoms with E-state index in [-0.39, 0.29) is 11.4 Å². The molecule has 0 saturated heterocycles. The van der Waals surface area contributed by atoms with E-state index in [1.807, 2.05) is 0 Å². The number of nitrogens with zero attached hydrogens (tertiary/aromatic N) is 2. The standard InChI is InChI=1S/C11H16N2O4/c1-3-4-5-6-13-7-12-8(11(16)17-2)9(13)10(14)15/h7H,3-6H2,1-2H3,(H,14,15). The molecule has 0 aromatic carbocycles. The number of hydrogen-bond donors (Lipinski definition) is 1. The molecular formula is C11H16N2O4. The molecule has 0 amide bonds. The van der Waals surface area contributed by atoms with Gasteiger partial charge in [-0.15, -0.1) is 0 Å². The van der Waals surface area contributed by atoms with E-state index in [2.05, 4.69) is 16.6 Å². The summed E-state index contributed by atoms with van der Waals surface area (Å²) in [5.41, 5.74) is -0.246. The average Bonchev–Trinajstić information content (AvgIpc) is 2.72. The largest absolute Gasteiger partial charge is 0.476 e. The van der Waals surface area contributed by atoms with Crippen molar-refractivity contribution >= 4 is 11.9 Å². The summed E-state index contributed by atoms with van der Waals surface area (Å²) in [5.74, 6) is -1.89. The highest BCUT2D eigenvalue weighted by atomic mass is 16.5. The van der Waals surface area contributed by atoms with Crippen LogP contribution >= 0.6 is 0 Å². The third kappa shape index (κ3) is 3.05. The molecule has 0 radical (unpaired) electrons. The van der Waals surface area contributed by atoms with Crippen LogP contribution in [0.4, 0.5) is 0 Å². The van der Waals surface area contributed by atoms with E-state index >= 15 is 0 Å². The number of carbonyl (C=O) groups is 2. The smallest absolute Gasteiger partial charge is 0.359 e. The molecule has 6 heteroatoms.